The van der Waals surface area contributed by atoms with E-state index >= 15 is 0 Å². The zero-order valence-electron chi connectivity index (χ0n) is 15.6. The fraction of sp³-hybridized carbons (Fsp3) is 0.684. The number of hydrogen-bond donors (Lipinski definition) is 1. The third-order valence-electron chi connectivity index (χ3n) is 4.88. The molecule has 0 radical (unpaired) electrons. The molecule has 0 aromatic carbocycles. The highest BCUT2D eigenvalue weighted by molar-refractivity contribution is 5.80. The summed E-state index contributed by atoms with van der Waals surface area (Å²) < 4.78 is 5.50. The summed E-state index contributed by atoms with van der Waals surface area (Å²) in [7, 11) is 0. The molecule has 2 aliphatic heterocycles. The first-order chi connectivity index (χ1) is 12.2. The van der Waals surface area contributed by atoms with Gasteiger partial charge in [-0.2, -0.15) is 0 Å². The molecule has 2 fully saturated rings. The highest BCUT2D eigenvalue weighted by atomic mass is 16.5. The number of nitrogens with one attached hydrogen (secondary N) is 1. The van der Waals surface area contributed by atoms with Crippen LogP contribution in [0.5, 0.6) is 0 Å². The van der Waals surface area contributed by atoms with Crippen LogP contribution in [0, 0.1) is 12.8 Å². The van der Waals surface area contributed by atoms with Gasteiger partial charge in [0.15, 0.2) is 5.96 Å². The van der Waals surface area contributed by atoms with Gasteiger partial charge in [0.25, 0.3) is 0 Å². The Bertz CT molecular complexity index is 563. The molecule has 0 spiro atoms. The number of piperazine rings is 1. The maximum Gasteiger partial charge on any atom is 0.194 e. The predicted molar refractivity (Wildman–Crippen MR) is 101 cm³/mol. The van der Waals surface area contributed by atoms with Crippen LogP contribution in [-0.4, -0.2) is 73.2 Å². The summed E-state index contributed by atoms with van der Waals surface area (Å²) in [4.78, 5) is 14.3. The molecule has 25 heavy (non-hydrogen) atoms. The van der Waals surface area contributed by atoms with Crippen LogP contribution in [0.4, 0.5) is 0 Å². The molecule has 138 valence electrons. The molecule has 2 saturated heterocycles. The topological polar surface area (TPSA) is 53.0 Å². The average molecular weight is 345 g/mol. The molecule has 3 heterocycles. The molecule has 0 aliphatic carbocycles. The second kappa shape index (κ2) is 9.15. The molecule has 3 rings (SSSR count). The Hall–Kier alpha value is -1.66. The number of aromatic nitrogens is 1. The summed E-state index contributed by atoms with van der Waals surface area (Å²) in [5.74, 6) is 1.73. The van der Waals surface area contributed by atoms with E-state index in [4.69, 9.17) is 9.73 Å². The molecule has 6 heteroatoms. The van der Waals surface area contributed by atoms with E-state index in [0.717, 1.165) is 69.2 Å². The van der Waals surface area contributed by atoms with Crippen molar-refractivity contribution in [3.63, 3.8) is 0 Å². The summed E-state index contributed by atoms with van der Waals surface area (Å²) in [6.45, 7) is 13.0. The number of aliphatic imine (C=N–C) groups is 1. The normalized spacial score (nSPS) is 22.4. The summed E-state index contributed by atoms with van der Waals surface area (Å²) in [6, 6.07) is 6.11. The second-order valence-electron chi connectivity index (χ2n) is 6.96. The van der Waals surface area contributed by atoms with Gasteiger partial charge >= 0.3 is 0 Å². The lowest BCUT2D eigenvalue weighted by atomic mass is 10.1. The number of pyridine rings is 1. The Balaban J connectivity index is 1.53. The van der Waals surface area contributed by atoms with Crippen molar-refractivity contribution in [2.45, 2.75) is 26.8 Å². The van der Waals surface area contributed by atoms with Crippen molar-refractivity contribution < 1.29 is 4.74 Å². The number of nitrogens with zero attached hydrogens (tertiary/aromatic N) is 4. The zero-order chi connectivity index (χ0) is 17.5. The van der Waals surface area contributed by atoms with Crippen molar-refractivity contribution in [1.29, 1.82) is 0 Å². The first-order valence-corrected chi connectivity index (χ1v) is 9.50. The SMILES string of the molecule is CCNC(=NCc1cccc(C)n1)N1CCN(C[C@H]2CCOC2)CC1. The van der Waals surface area contributed by atoms with Gasteiger partial charge in [0, 0.05) is 51.6 Å². The van der Waals surface area contributed by atoms with Crippen LogP contribution < -0.4 is 5.32 Å². The molecule has 2 aliphatic rings. The standard InChI is InChI=1S/C19H31N5O/c1-3-20-19(21-13-18-6-4-5-16(2)22-18)24-10-8-23(9-11-24)14-17-7-12-25-15-17/h4-6,17H,3,7-15H2,1-2H3,(H,20,21)/t17-/m1/s1. The van der Waals surface area contributed by atoms with Crippen LogP contribution >= 0.6 is 0 Å². The lowest BCUT2D eigenvalue weighted by molar-refractivity contribution is 0.139. The Morgan fingerprint density at radius 2 is 2.16 bits per heavy atom. The minimum absolute atomic E-state index is 0.629. The minimum atomic E-state index is 0.629. The molecular formula is C19H31N5O. The van der Waals surface area contributed by atoms with E-state index in [1.807, 2.05) is 25.1 Å². The molecule has 1 aromatic rings. The van der Waals surface area contributed by atoms with E-state index in [2.05, 4.69) is 27.0 Å². The summed E-state index contributed by atoms with van der Waals surface area (Å²) >= 11 is 0. The van der Waals surface area contributed by atoms with Crippen molar-refractivity contribution in [2.24, 2.45) is 10.9 Å². The molecular weight excluding hydrogens is 314 g/mol. The van der Waals surface area contributed by atoms with Gasteiger partial charge in [-0.15, -0.1) is 0 Å². The Morgan fingerprint density at radius 3 is 2.84 bits per heavy atom. The average Bonchev–Trinajstić information content (AvgIpc) is 3.12. The third-order valence-corrected chi connectivity index (χ3v) is 4.88. The van der Waals surface area contributed by atoms with Gasteiger partial charge in [-0.1, -0.05) is 6.07 Å². The number of guanidine groups is 1. The van der Waals surface area contributed by atoms with Crippen LogP contribution in [0.15, 0.2) is 23.2 Å². The van der Waals surface area contributed by atoms with E-state index < -0.39 is 0 Å². The van der Waals surface area contributed by atoms with Crippen LogP contribution in [0.1, 0.15) is 24.7 Å². The van der Waals surface area contributed by atoms with E-state index in [0.29, 0.717) is 6.54 Å². The first kappa shape index (κ1) is 18.1. The lowest BCUT2D eigenvalue weighted by Crippen LogP contribution is -2.53. The molecule has 0 saturated carbocycles. The maximum absolute atomic E-state index is 5.50. The third kappa shape index (κ3) is 5.41. The fourth-order valence-corrected chi connectivity index (χ4v) is 3.50. The first-order valence-electron chi connectivity index (χ1n) is 9.50. The number of rotatable bonds is 5. The van der Waals surface area contributed by atoms with E-state index in [1.54, 1.807) is 0 Å². The van der Waals surface area contributed by atoms with Crippen LogP contribution in [0.3, 0.4) is 0 Å². The van der Waals surface area contributed by atoms with Crippen LogP contribution in [0.2, 0.25) is 0 Å². The van der Waals surface area contributed by atoms with Gasteiger partial charge in [0.05, 0.1) is 18.8 Å². The summed E-state index contributed by atoms with van der Waals surface area (Å²) in [6.07, 6.45) is 1.22. The maximum atomic E-state index is 5.50. The monoisotopic (exact) mass is 345 g/mol. The van der Waals surface area contributed by atoms with Crippen molar-refractivity contribution >= 4 is 5.96 Å². The Kier molecular flexibility index (Phi) is 6.64. The second-order valence-corrected chi connectivity index (χ2v) is 6.96. The number of ether oxygens (including phenoxy) is 1. The highest BCUT2D eigenvalue weighted by Crippen LogP contribution is 2.15. The molecule has 0 amide bonds. The molecule has 1 N–H and O–H groups in total. The quantitative estimate of drug-likeness (QED) is 0.648. The molecule has 0 bridgehead atoms. The van der Waals surface area contributed by atoms with Crippen molar-refractivity contribution in [3.8, 4) is 0 Å². The molecule has 0 unspecified atom stereocenters. The van der Waals surface area contributed by atoms with Crippen molar-refractivity contribution in [2.75, 3.05) is 52.5 Å². The van der Waals surface area contributed by atoms with Crippen LogP contribution in [0.25, 0.3) is 0 Å². The lowest BCUT2D eigenvalue weighted by Gasteiger charge is -2.37. The van der Waals surface area contributed by atoms with Crippen molar-refractivity contribution in [1.82, 2.24) is 20.1 Å². The predicted octanol–water partition coefficient (Wildman–Crippen LogP) is 1.51. The zero-order valence-corrected chi connectivity index (χ0v) is 15.6. The van der Waals surface area contributed by atoms with Gasteiger partial charge in [0.1, 0.15) is 0 Å². The largest absolute Gasteiger partial charge is 0.381 e. The molecule has 1 atom stereocenters. The molecule has 1 aromatic heterocycles. The number of hydrogen-bond acceptors (Lipinski definition) is 4. The van der Waals surface area contributed by atoms with Gasteiger partial charge < -0.3 is 15.0 Å². The fourth-order valence-electron chi connectivity index (χ4n) is 3.50. The van der Waals surface area contributed by atoms with Gasteiger partial charge in [-0.25, -0.2) is 4.99 Å². The van der Waals surface area contributed by atoms with E-state index in [-0.39, 0.29) is 0 Å². The summed E-state index contributed by atoms with van der Waals surface area (Å²) in [5, 5.41) is 3.43. The Labute approximate surface area is 151 Å². The van der Waals surface area contributed by atoms with Gasteiger partial charge in [-0.3, -0.25) is 9.88 Å². The highest BCUT2D eigenvalue weighted by Gasteiger charge is 2.23. The minimum Gasteiger partial charge on any atom is -0.381 e. The van der Waals surface area contributed by atoms with Crippen molar-refractivity contribution in [3.05, 3.63) is 29.6 Å². The number of aryl methyl sites for hydroxylation is 1. The molecule has 6 nitrogen and oxygen atoms in total. The summed E-state index contributed by atoms with van der Waals surface area (Å²) in [5.41, 5.74) is 2.07. The van der Waals surface area contributed by atoms with Crippen LogP contribution in [-0.2, 0) is 11.3 Å². The van der Waals surface area contributed by atoms with E-state index in [9.17, 15) is 0 Å². The smallest absolute Gasteiger partial charge is 0.194 e. The van der Waals surface area contributed by atoms with Gasteiger partial charge in [0.2, 0.25) is 0 Å². The van der Waals surface area contributed by atoms with Gasteiger partial charge in [-0.05, 0) is 38.3 Å². The Morgan fingerprint density at radius 1 is 1.32 bits per heavy atom. The van der Waals surface area contributed by atoms with E-state index in [1.165, 1.54) is 13.0 Å².